The first-order valence-electron chi connectivity index (χ1n) is 30.3. The topological polar surface area (TPSA) is 126 Å². The smallest absolute Gasteiger partial charge is 0.503 e. The van der Waals surface area contributed by atoms with Gasteiger partial charge in [-0.1, -0.05) is 156 Å². The maximum Gasteiger partial charge on any atom is 2.00 e. The molecule has 0 aliphatic carbocycles. The summed E-state index contributed by atoms with van der Waals surface area (Å²) in [4.78, 5) is 28.6. The fraction of sp³-hybridized carbons (Fsp3) is 0.0375. The van der Waals surface area contributed by atoms with Crippen molar-refractivity contribution in [3.8, 4) is 57.1 Å². The Hall–Kier alpha value is -11.7. The molecular weight excluding hydrogens is 1330 g/mol. The molecule has 0 atom stereocenters. The molecule has 8 heterocycles. The van der Waals surface area contributed by atoms with E-state index in [0.717, 1.165) is 140 Å². The third kappa shape index (κ3) is 10.3. The SMILES string of the molecule is CC(=O)O.Cc1ccccc1-c1cn2c3ccccc3c3ccc(Oc4[c-]c5c(cc4)c4ccccc4n5-c4ccccn4)[c-]c3c2n1.Cc1ccccc1-c1cn2c3ccccc3c3ccc(Oc4ccc5c6ccccc6n(-c6ccccn6)c5c4)cc3c2n1.[Pt+2]. The normalized spacial score (nSPS) is 11.4. The van der Waals surface area contributed by atoms with Gasteiger partial charge in [0.1, 0.15) is 28.8 Å². The van der Waals surface area contributed by atoms with Gasteiger partial charge in [-0.05, 0) is 120 Å². The van der Waals surface area contributed by atoms with E-state index in [1.807, 2.05) is 73.1 Å². The summed E-state index contributed by atoms with van der Waals surface area (Å²) in [5, 5.41) is 18.5. The van der Waals surface area contributed by atoms with E-state index in [4.69, 9.17) is 29.3 Å². The Labute approximate surface area is 547 Å². The van der Waals surface area contributed by atoms with Crippen molar-refractivity contribution in [2.75, 3.05) is 0 Å². The van der Waals surface area contributed by atoms with Crippen molar-refractivity contribution in [3.63, 3.8) is 0 Å². The number of carboxylic acids is 1. The number of pyridine rings is 4. The second-order valence-corrected chi connectivity index (χ2v) is 22.7. The van der Waals surface area contributed by atoms with Crippen molar-refractivity contribution in [2.45, 2.75) is 20.8 Å². The van der Waals surface area contributed by atoms with Gasteiger partial charge in [0.2, 0.25) is 0 Å². The van der Waals surface area contributed by atoms with E-state index in [-0.39, 0.29) is 21.1 Å². The maximum absolute atomic E-state index is 9.00. The van der Waals surface area contributed by atoms with Gasteiger partial charge >= 0.3 is 21.1 Å². The molecular formula is C80H54N8O4Pt. The zero-order valence-corrected chi connectivity index (χ0v) is 52.7. The van der Waals surface area contributed by atoms with E-state index in [9.17, 15) is 0 Å². The number of rotatable bonds is 8. The summed E-state index contributed by atoms with van der Waals surface area (Å²) in [7, 11) is 0. The zero-order valence-electron chi connectivity index (χ0n) is 50.5. The van der Waals surface area contributed by atoms with Crippen LogP contribution in [0.15, 0.2) is 267 Å². The summed E-state index contributed by atoms with van der Waals surface area (Å²) in [6.45, 7) is 5.33. The van der Waals surface area contributed by atoms with Crippen LogP contribution in [0.25, 0.3) is 132 Å². The number of hydrogen-bond donors (Lipinski definition) is 1. The van der Waals surface area contributed by atoms with Crippen LogP contribution in [0.3, 0.4) is 0 Å². The zero-order chi connectivity index (χ0) is 62.0. The number of imidazole rings is 2. The van der Waals surface area contributed by atoms with Gasteiger partial charge in [-0.3, -0.25) is 18.7 Å². The summed E-state index contributed by atoms with van der Waals surface area (Å²) in [6.07, 6.45) is 7.91. The van der Waals surface area contributed by atoms with Gasteiger partial charge in [-0.15, -0.1) is 29.7 Å². The number of carboxylic acid groups (broad SMARTS) is 1. The van der Waals surface area contributed by atoms with Gasteiger partial charge in [-0.25, -0.2) is 15.0 Å². The number of nitrogens with zero attached hydrogens (tertiary/aromatic N) is 8. The van der Waals surface area contributed by atoms with Crippen LogP contribution < -0.4 is 9.47 Å². The predicted molar refractivity (Wildman–Crippen MR) is 369 cm³/mol. The van der Waals surface area contributed by atoms with Gasteiger partial charge in [0.15, 0.2) is 0 Å². The molecule has 0 spiro atoms. The third-order valence-corrected chi connectivity index (χ3v) is 17.0. The van der Waals surface area contributed by atoms with E-state index in [2.05, 4.69) is 248 Å². The number of ether oxygens (including phenoxy) is 2. The first kappa shape index (κ1) is 57.7. The van der Waals surface area contributed by atoms with Crippen LogP contribution in [0.5, 0.6) is 23.0 Å². The number of aromatic nitrogens is 8. The Bertz CT molecular complexity index is 5570. The molecule has 1 N–H and O–H groups in total. The Morgan fingerprint density at radius 1 is 0.409 bits per heavy atom. The first-order chi connectivity index (χ1) is 45.2. The molecule has 448 valence electrons. The summed E-state index contributed by atoms with van der Waals surface area (Å²) in [5.74, 6) is 3.61. The van der Waals surface area contributed by atoms with Crippen LogP contribution in [0.1, 0.15) is 18.1 Å². The van der Waals surface area contributed by atoms with E-state index >= 15 is 0 Å². The number of benzene rings is 10. The molecule has 12 nitrogen and oxygen atoms in total. The first-order valence-corrected chi connectivity index (χ1v) is 30.3. The van der Waals surface area contributed by atoms with Crippen LogP contribution in [0.4, 0.5) is 0 Å². The maximum atomic E-state index is 9.00. The van der Waals surface area contributed by atoms with Crippen LogP contribution in [0.2, 0.25) is 0 Å². The standard InChI is InChI=1S/C39H26N4O.C39H24N4O.C2H4O2.Pt/c2*1-25-10-2-3-11-28(25)34-24-42-35-14-6-4-12-30(35)29-19-17-26(22-33(29)39(42)41-34)44-27-18-20-32-31-13-5-7-15-36(31)43(37(32)23-27)38-16-8-9-21-40-38;1-2(3)4;/h2-24H,1H3;2-21,24H,1H3;1H3,(H,3,4);/q;-2;;+2. The van der Waals surface area contributed by atoms with Crippen molar-refractivity contribution >= 4 is 104 Å². The van der Waals surface area contributed by atoms with Crippen LogP contribution in [-0.4, -0.2) is 48.9 Å². The third-order valence-electron chi connectivity index (χ3n) is 17.0. The van der Waals surface area contributed by atoms with Crippen LogP contribution >= 0.6 is 0 Å². The van der Waals surface area contributed by atoms with Gasteiger partial charge in [0.25, 0.3) is 5.97 Å². The molecule has 93 heavy (non-hydrogen) atoms. The molecule has 0 saturated carbocycles. The molecule has 0 aliphatic rings. The van der Waals surface area contributed by atoms with Crippen LogP contribution in [0, 0.1) is 26.0 Å². The predicted octanol–water partition coefficient (Wildman–Crippen LogP) is 19.5. The minimum absolute atomic E-state index is 0. The van der Waals surface area contributed by atoms with Gasteiger partial charge in [0, 0.05) is 93.0 Å². The largest absolute Gasteiger partial charge is 2.00 e. The van der Waals surface area contributed by atoms with E-state index in [0.29, 0.717) is 11.5 Å². The fourth-order valence-corrected chi connectivity index (χ4v) is 12.9. The molecule has 10 aromatic carbocycles. The summed E-state index contributed by atoms with van der Waals surface area (Å²) >= 11 is 0. The number of aliphatic carboxylic acids is 1. The molecule has 0 unspecified atom stereocenters. The molecule has 18 aromatic rings. The number of fused-ring (bicyclic) bond motifs is 18. The van der Waals surface area contributed by atoms with Gasteiger partial charge < -0.3 is 23.5 Å². The minimum atomic E-state index is -0.833. The molecule has 0 fully saturated rings. The molecule has 8 aromatic heterocycles. The molecule has 18 rings (SSSR count). The Morgan fingerprint density at radius 2 is 0.849 bits per heavy atom. The quantitative estimate of drug-likeness (QED) is 0.118. The number of para-hydroxylation sites is 4. The van der Waals surface area contributed by atoms with Crippen LogP contribution in [-0.2, 0) is 25.9 Å². The van der Waals surface area contributed by atoms with Crippen molar-refractivity contribution in [1.29, 1.82) is 0 Å². The molecule has 13 heteroatoms. The Balaban J connectivity index is 0.000000144. The van der Waals surface area contributed by atoms with Crippen molar-refractivity contribution in [2.24, 2.45) is 0 Å². The number of hydrogen-bond acceptors (Lipinski definition) is 7. The van der Waals surface area contributed by atoms with E-state index < -0.39 is 5.97 Å². The summed E-state index contributed by atoms with van der Waals surface area (Å²) in [6, 6.07) is 90.3. The molecule has 0 aliphatic heterocycles. The van der Waals surface area contributed by atoms with Crippen molar-refractivity contribution in [1.82, 2.24) is 37.9 Å². The number of carbonyl (C=O) groups is 1. The molecule has 0 saturated heterocycles. The minimum Gasteiger partial charge on any atom is -0.503 e. The fourth-order valence-electron chi connectivity index (χ4n) is 12.9. The molecule has 0 amide bonds. The van der Waals surface area contributed by atoms with Crippen molar-refractivity contribution in [3.05, 3.63) is 291 Å². The molecule has 0 bridgehead atoms. The van der Waals surface area contributed by atoms with E-state index in [1.165, 1.54) is 21.9 Å². The second kappa shape index (κ2) is 23.9. The average molecular weight is 1390 g/mol. The number of aryl methyl sites for hydroxylation is 2. The Kier molecular flexibility index (Phi) is 14.8. The van der Waals surface area contributed by atoms with Gasteiger partial charge in [-0.2, -0.15) is 6.07 Å². The summed E-state index contributed by atoms with van der Waals surface area (Å²) in [5.41, 5.74) is 14.7. The van der Waals surface area contributed by atoms with Gasteiger partial charge in [0.05, 0.1) is 33.6 Å². The van der Waals surface area contributed by atoms with Crippen molar-refractivity contribution < 1.29 is 40.4 Å². The monoisotopic (exact) mass is 1390 g/mol. The Morgan fingerprint density at radius 3 is 1.45 bits per heavy atom. The second-order valence-electron chi connectivity index (χ2n) is 22.7. The molecule has 0 radical (unpaired) electrons. The summed E-state index contributed by atoms with van der Waals surface area (Å²) < 4.78 is 21.8. The van der Waals surface area contributed by atoms with E-state index in [1.54, 1.807) is 0 Å². The average Bonchev–Trinajstić information content (AvgIpc) is 1.74.